The molecule has 2 aromatic heterocycles. The lowest BCUT2D eigenvalue weighted by Crippen LogP contribution is -2.33. The van der Waals surface area contributed by atoms with Gasteiger partial charge in [0.1, 0.15) is 0 Å². The summed E-state index contributed by atoms with van der Waals surface area (Å²) in [7, 11) is -2.16. The van der Waals surface area contributed by atoms with E-state index in [9.17, 15) is 8.42 Å². The van der Waals surface area contributed by atoms with Crippen molar-refractivity contribution in [1.29, 1.82) is 0 Å². The van der Waals surface area contributed by atoms with Crippen LogP contribution in [0.25, 0.3) is 22.0 Å². The van der Waals surface area contributed by atoms with Crippen molar-refractivity contribution in [3.63, 3.8) is 0 Å². The fourth-order valence-corrected chi connectivity index (χ4v) is 6.74. The molecule has 0 unspecified atom stereocenters. The Morgan fingerprint density at radius 3 is 2.58 bits per heavy atom. The zero-order valence-electron chi connectivity index (χ0n) is 21.3. The van der Waals surface area contributed by atoms with Crippen LogP contribution in [0.5, 0.6) is 5.88 Å². The number of aromatic nitrogens is 3. The Kier molecular flexibility index (Phi) is 7.52. The number of ether oxygens (including phenoxy) is 1. The Labute approximate surface area is 227 Å². The zero-order chi connectivity index (χ0) is 26.9. The lowest BCUT2D eigenvalue weighted by Gasteiger charge is -2.26. The van der Waals surface area contributed by atoms with E-state index in [4.69, 9.17) is 27.1 Å². The molecule has 0 atom stereocenters. The molecule has 0 spiro atoms. The predicted molar refractivity (Wildman–Crippen MR) is 150 cm³/mol. The molecule has 0 bridgehead atoms. The van der Waals surface area contributed by atoms with E-state index in [2.05, 4.69) is 15.3 Å². The molecule has 1 fully saturated rings. The van der Waals surface area contributed by atoms with Crippen LogP contribution >= 0.6 is 11.6 Å². The van der Waals surface area contributed by atoms with E-state index in [1.165, 1.54) is 13.2 Å². The summed E-state index contributed by atoms with van der Waals surface area (Å²) in [4.78, 5) is 13.9. The molecule has 0 aliphatic heterocycles. The van der Waals surface area contributed by atoms with Crippen molar-refractivity contribution >= 4 is 38.3 Å². The van der Waals surface area contributed by atoms with Crippen LogP contribution in [-0.4, -0.2) is 42.6 Å². The van der Waals surface area contributed by atoms with E-state index in [0.29, 0.717) is 29.6 Å². The molecular weight excluding hydrogens is 522 g/mol. The smallest absolute Gasteiger partial charge is 0.223 e. The fourth-order valence-electron chi connectivity index (χ4n) is 4.90. The molecular formula is C28H30ClN5O3S. The number of pyridine rings is 1. The first-order valence-corrected chi connectivity index (χ1v) is 14.6. The van der Waals surface area contributed by atoms with Gasteiger partial charge in [0.05, 0.1) is 34.0 Å². The topological polar surface area (TPSA) is 120 Å². The van der Waals surface area contributed by atoms with Crippen LogP contribution in [0.2, 0.25) is 5.02 Å². The van der Waals surface area contributed by atoms with Crippen molar-refractivity contribution in [2.24, 2.45) is 5.73 Å². The number of methoxy groups -OCH3 is 1. The van der Waals surface area contributed by atoms with Gasteiger partial charge in [-0.25, -0.2) is 23.4 Å². The number of hydrogen-bond donors (Lipinski definition) is 2. The molecule has 2 aromatic carbocycles. The second kappa shape index (κ2) is 10.8. The van der Waals surface area contributed by atoms with Crippen molar-refractivity contribution in [3.8, 4) is 17.0 Å². The Hall–Kier alpha value is -3.27. The average Bonchev–Trinajstić information content (AvgIpc) is 2.90. The van der Waals surface area contributed by atoms with Crippen LogP contribution in [0.3, 0.4) is 0 Å². The largest absolute Gasteiger partial charge is 0.481 e. The first-order valence-electron chi connectivity index (χ1n) is 12.5. The summed E-state index contributed by atoms with van der Waals surface area (Å²) in [5, 5.41) is 4.54. The van der Waals surface area contributed by atoms with Gasteiger partial charge in [0.15, 0.2) is 9.84 Å². The minimum atomic E-state index is -3.68. The SMILES string of the molecule is COc1nc(CS(=O)(=O)c2ccccc2Cl)ccc1-c1cc(C)c2nc(NC3CCC(N)CC3)ncc2c1. The molecule has 0 amide bonds. The third kappa shape index (κ3) is 5.60. The van der Waals surface area contributed by atoms with Gasteiger partial charge in [0.2, 0.25) is 11.8 Å². The summed E-state index contributed by atoms with van der Waals surface area (Å²) >= 11 is 6.12. The monoisotopic (exact) mass is 551 g/mol. The third-order valence-electron chi connectivity index (χ3n) is 6.91. The molecule has 10 heteroatoms. The maximum absolute atomic E-state index is 12.9. The number of nitrogens with zero attached hydrogens (tertiary/aromatic N) is 3. The van der Waals surface area contributed by atoms with Crippen LogP contribution in [0.4, 0.5) is 5.95 Å². The summed E-state index contributed by atoms with van der Waals surface area (Å²) in [5.74, 6) is 0.670. The van der Waals surface area contributed by atoms with E-state index in [1.807, 2.05) is 31.3 Å². The third-order valence-corrected chi connectivity index (χ3v) is 9.05. The number of benzene rings is 2. The molecule has 5 rings (SSSR count). The number of halogens is 1. The highest BCUT2D eigenvalue weighted by molar-refractivity contribution is 7.90. The molecule has 0 saturated heterocycles. The maximum Gasteiger partial charge on any atom is 0.223 e. The van der Waals surface area contributed by atoms with Gasteiger partial charge in [0.25, 0.3) is 0 Å². The van der Waals surface area contributed by atoms with Crippen LogP contribution in [0.15, 0.2) is 59.6 Å². The number of hydrogen-bond acceptors (Lipinski definition) is 8. The van der Waals surface area contributed by atoms with Gasteiger partial charge in [-0.15, -0.1) is 0 Å². The fraction of sp³-hybridized carbons (Fsp3) is 0.321. The highest BCUT2D eigenvalue weighted by Crippen LogP contribution is 2.33. The summed E-state index contributed by atoms with van der Waals surface area (Å²) < 4.78 is 31.5. The first-order chi connectivity index (χ1) is 18.2. The quantitative estimate of drug-likeness (QED) is 0.317. The van der Waals surface area contributed by atoms with Crippen molar-refractivity contribution < 1.29 is 13.2 Å². The number of rotatable bonds is 7. The molecule has 1 saturated carbocycles. The number of aryl methyl sites for hydroxylation is 1. The van der Waals surface area contributed by atoms with Crippen LogP contribution < -0.4 is 15.8 Å². The molecule has 0 radical (unpaired) electrons. The first kappa shape index (κ1) is 26.3. The predicted octanol–water partition coefficient (Wildman–Crippen LogP) is 5.32. The Morgan fingerprint density at radius 2 is 1.84 bits per heavy atom. The van der Waals surface area contributed by atoms with Gasteiger partial charge < -0.3 is 15.8 Å². The van der Waals surface area contributed by atoms with Crippen molar-refractivity contribution in [1.82, 2.24) is 15.0 Å². The van der Waals surface area contributed by atoms with Gasteiger partial charge in [-0.1, -0.05) is 23.7 Å². The number of fused-ring (bicyclic) bond motifs is 1. The van der Waals surface area contributed by atoms with Crippen LogP contribution in [0.1, 0.15) is 36.9 Å². The van der Waals surface area contributed by atoms with E-state index in [-0.39, 0.29) is 15.7 Å². The number of anilines is 1. The Morgan fingerprint density at radius 1 is 1.08 bits per heavy atom. The summed E-state index contributed by atoms with van der Waals surface area (Å²) in [6.07, 6.45) is 5.87. The Balaban J connectivity index is 1.41. The highest BCUT2D eigenvalue weighted by atomic mass is 35.5. The van der Waals surface area contributed by atoms with Crippen molar-refractivity contribution in [2.45, 2.75) is 55.3 Å². The van der Waals surface area contributed by atoms with Crippen LogP contribution in [-0.2, 0) is 15.6 Å². The lowest BCUT2D eigenvalue weighted by molar-refractivity contribution is 0.398. The molecule has 1 aliphatic carbocycles. The van der Waals surface area contributed by atoms with Gasteiger partial charge in [-0.3, -0.25) is 0 Å². The second-order valence-corrected chi connectivity index (χ2v) is 12.1. The van der Waals surface area contributed by atoms with Gasteiger partial charge in [0, 0.05) is 29.2 Å². The molecule has 38 heavy (non-hydrogen) atoms. The molecule has 198 valence electrons. The molecule has 8 nitrogen and oxygen atoms in total. The normalized spacial score (nSPS) is 17.9. The number of nitrogens with one attached hydrogen (secondary N) is 1. The highest BCUT2D eigenvalue weighted by Gasteiger charge is 2.22. The van der Waals surface area contributed by atoms with E-state index in [0.717, 1.165) is 53.3 Å². The minimum absolute atomic E-state index is 0.0811. The Bertz CT molecular complexity index is 1590. The molecule has 2 heterocycles. The second-order valence-electron chi connectivity index (χ2n) is 9.73. The lowest BCUT2D eigenvalue weighted by atomic mass is 9.92. The molecule has 3 N–H and O–H groups in total. The standard InChI is InChI=1S/C28H30ClN5O3S/c1-17-13-18(14-19-15-31-28(34-26(17)19)33-21-9-7-20(30)8-10-21)23-12-11-22(32-27(23)37-2)16-38(35,36)25-6-4-3-5-24(25)29/h3-6,11-15,20-21H,7-10,16,30H2,1-2H3,(H,31,33,34). The van der Waals surface area contributed by atoms with E-state index in [1.54, 1.807) is 24.3 Å². The van der Waals surface area contributed by atoms with Gasteiger partial charge >= 0.3 is 0 Å². The number of sulfone groups is 1. The van der Waals surface area contributed by atoms with E-state index >= 15 is 0 Å². The molecule has 1 aliphatic rings. The van der Waals surface area contributed by atoms with Crippen molar-refractivity contribution in [3.05, 3.63) is 71.0 Å². The summed E-state index contributed by atoms with van der Waals surface area (Å²) in [5.41, 5.74) is 9.88. The maximum atomic E-state index is 12.9. The number of nitrogens with two attached hydrogens (primary N) is 1. The average molecular weight is 552 g/mol. The minimum Gasteiger partial charge on any atom is -0.481 e. The van der Waals surface area contributed by atoms with Crippen molar-refractivity contribution in [2.75, 3.05) is 12.4 Å². The summed E-state index contributed by atoms with van der Waals surface area (Å²) in [6.45, 7) is 2.01. The zero-order valence-corrected chi connectivity index (χ0v) is 22.9. The van der Waals surface area contributed by atoms with E-state index < -0.39 is 9.84 Å². The van der Waals surface area contributed by atoms with Gasteiger partial charge in [-0.2, -0.15) is 0 Å². The summed E-state index contributed by atoms with van der Waals surface area (Å²) in [6, 6.07) is 14.6. The van der Waals surface area contributed by atoms with Gasteiger partial charge in [-0.05, 0) is 80.1 Å². The van der Waals surface area contributed by atoms with Crippen LogP contribution in [0, 0.1) is 6.92 Å². The molecule has 4 aromatic rings.